The summed E-state index contributed by atoms with van der Waals surface area (Å²) in [6, 6.07) is 5.38. The van der Waals surface area contributed by atoms with Gasteiger partial charge in [-0.15, -0.1) is 0 Å². The van der Waals surface area contributed by atoms with Crippen molar-refractivity contribution in [2.45, 2.75) is 32.4 Å². The molecule has 0 aliphatic rings. The third kappa shape index (κ3) is 3.72. The molecule has 2 N–H and O–H groups in total. The molecule has 0 fully saturated rings. The van der Waals surface area contributed by atoms with E-state index in [2.05, 4.69) is 12.0 Å². The molecular weight excluding hydrogens is 281 g/mol. The topological polar surface area (TPSA) is 43.8 Å². The summed E-state index contributed by atoms with van der Waals surface area (Å²) in [7, 11) is 0. The minimum Gasteiger partial charge on any atom is -0.324 e. The van der Waals surface area contributed by atoms with Crippen LogP contribution >= 0.6 is 23.2 Å². The molecule has 2 rings (SSSR count). The number of nitrogens with two attached hydrogens (primary N) is 1. The fourth-order valence-corrected chi connectivity index (χ4v) is 2.45. The lowest BCUT2D eigenvalue weighted by atomic mass is 10.0. The Balaban J connectivity index is 2.09. The van der Waals surface area contributed by atoms with Crippen LogP contribution in [-0.2, 0) is 13.0 Å². The molecule has 19 heavy (non-hydrogen) atoms. The number of halogens is 2. The maximum atomic E-state index is 6.20. The maximum absolute atomic E-state index is 6.20. The highest BCUT2D eigenvalue weighted by Crippen LogP contribution is 2.25. The number of hydrogen-bond donors (Lipinski definition) is 1. The Bertz CT molecular complexity index is 551. The second kappa shape index (κ2) is 6.42. The minimum atomic E-state index is -0.107. The lowest BCUT2D eigenvalue weighted by molar-refractivity contribution is 0.601. The van der Waals surface area contributed by atoms with Crippen LogP contribution in [0.4, 0.5) is 0 Å². The van der Waals surface area contributed by atoms with Gasteiger partial charge in [0.25, 0.3) is 0 Å². The van der Waals surface area contributed by atoms with Crippen molar-refractivity contribution in [1.29, 1.82) is 0 Å². The van der Waals surface area contributed by atoms with Crippen molar-refractivity contribution in [1.82, 2.24) is 9.78 Å². The molecule has 0 saturated carbocycles. The Labute approximate surface area is 123 Å². The van der Waals surface area contributed by atoms with Gasteiger partial charge < -0.3 is 5.73 Å². The van der Waals surface area contributed by atoms with Crippen LogP contribution in [0.2, 0.25) is 10.0 Å². The van der Waals surface area contributed by atoms with Crippen molar-refractivity contribution in [3.05, 3.63) is 51.8 Å². The summed E-state index contributed by atoms with van der Waals surface area (Å²) in [6.07, 6.45) is 5.55. The summed E-state index contributed by atoms with van der Waals surface area (Å²) in [5, 5.41) is 5.58. The highest BCUT2D eigenvalue weighted by Gasteiger charge is 2.12. The maximum Gasteiger partial charge on any atom is 0.0537 e. The van der Waals surface area contributed by atoms with Gasteiger partial charge in [-0.05, 0) is 30.5 Å². The molecule has 1 aromatic carbocycles. The Morgan fingerprint density at radius 1 is 1.37 bits per heavy atom. The average Bonchev–Trinajstić information content (AvgIpc) is 2.82. The molecule has 0 radical (unpaired) electrons. The first-order valence-corrected chi connectivity index (χ1v) is 7.07. The second-order valence-corrected chi connectivity index (χ2v) is 5.43. The van der Waals surface area contributed by atoms with Crippen LogP contribution in [0.3, 0.4) is 0 Å². The van der Waals surface area contributed by atoms with Crippen LogP contribution in [0, 0.1) is 0 Å². The van der Waals surface area contributed by atoms with Crippen LogP contribution in [0.1, 0.15) is 30.5 Å². The molecule has 1 heterocycles. The van der Waals surface area contributed by atoms with Crippen LogP contribution in [0.15, 0.2) is 30.6 Å². The Kier molecular flexibility index (Phi) is 4.86. The molecule has 0 aliphatic heterocycles. The largest absolute Gasteiger partial charge is 0.324 e. The van der Waals surface area contributed by atoms with Gasteiger partial charge in [0.1, 0.15) is 0 Å². The molecule has 0 bridgehead atoms. The van der Waals surface area contributed by atoms with Gasteiger partial charge in [-0.3, -0.25) is 4.68 Å². The summed E-state index contributed by atoms with van der Waals surface area (Å²) in [5.74, 6) is 0. The lowest BCUT2D eigenvalue weighted by Crippen LogP contribution is -2.13. The Morgan fingerprint density at radius 2 is 2.16 bits per heavy atom. The van der Waals surface area contributed by atoms with E-state index in [-0.39, 0.29) is 6.04 Å². The van der Waals surface area contributed by atoms with Crippen molar-refractivity contribution in [3.63, 3.8) is 0 Å². The molecule has 1 atom stereocenters. The van der Waals surface area contributed by atoms with E-state index in [1.165, 1.54) is 0 Å². The summed E-state index contributed by atoms with van der Waals surface area (Å²) in [6.45, 7) is 3.03. The summed E-state index contributed by atoms with van der Waals surface area (Å²) in [5.41, 5.74) is 8.23. The van der Waals surface area contributed by atoms with Crippen LogP contribution < -0.4 is 5.73 Å². The number of aromatic nitrogens is 2. The van der Waals surface area contributed by atoms with Crippen molar-refractivity contribution in [2.24, 2.45) is 5.73 Å². The molecule has 0 amide bonds. The molecular formula is C14H17Cl2N3. The molecule has 0 saturated heterocycles. The van der Waals surface area contributed by atoms with Gasteiger partial charge in [-0.1, -0.05) is 36.2 Å². The fraction of sp³-hybridized carbons (Fsp3) is 0.357. The van der Waals surface area contributed by atoms with Crippen LogP contribution in [-0.4, -0.2) is 9.78 Å². The predicted octanol–water partition coefficient (Wildman–Crippen LogP) is 3.84. The first-order valence-electron chi connectivity index (χ1n) is 6.32. The lowest BCUT2D eigenvalue weighted by Gasteiger charge is -2.11. The van der Waals surface area contributed by atoms with E-state index in [0.29, 0.717) is 16.5 Å². The van der Waals surface area contributed by atoms with E-state index in [0.717, 1.165) is 24.1 Å². The molecule has 0 aliphatic carbocycles. The average molecular weight is 298 g/mol. The first-order chi connectivity index (χ1) is 9.10. The van der Waals surface area contributed by atoms with Gasteiger partial charge in [-0.2, -0.15) is 5.10 Å². The second-order valence-electron chi connectivity index (χ2n) is 4.58. The van der Waals surface area contributed by atoms with Crippen molar-refractivity contribution in [2.75, 3.05) is 0 Å². The van der Waals surface area contributed by atoms with Crippen molar-refractivity contribution in [3.8, 4) is 0 Å². The van der Waals surface area contributed by atoms with Gasteiger partial charge in [0.05, 0.1) is 6.20 Å². The normalized spacial score (nSPS) is 12.6. The summed E-state index contributed by atoms with van der Waals surface area (Å²) < 4.78 is 1.92. The molecule has 3 nitrogen and oxygen atoms in total. The zero-order valence-electron chi connectivity index (χ0n) is 10.8. The predicted molar refractivity (Wildman–Crippen MR) is 79.6 cm³/mol. The molecule has 0 spiro atoms. The smallest absolute Gasteiger partial charge is 0.0537 e. The highest BCUT2D eigenvalue weighted by molar-refractivity contribution is 6.35. The Hall–Kier alpha value is -1.03. The van der Waals surface area contributed by atoms with E-state index in [9.17, 15) is 0 Å². The van der Waals surface area contributed by atoms with E-state index in [1.807, 2.05) is 29.2 Å². The number of aryl methyl sites for hydroxylation is 1. The quantitative estimate of drug-likeness (QED) is 0.911. The van der Waals surface area contributed by atoms with Gasteiger partial charge >= 0.3 is 0 Å². The van der Waals surface area contributed by atoms with Crippen LogP contribution in [0.5, 0.6) is 0 Å². The van der Waals surface area contributed by atoms with Gasteiger partial charge in [0.2, 0.25) is 0 Å². The van der Waals surface area contributed by atoms with Gasteiger partial charge in [0.15, 0.2) is 0 Å². The van der Waals surface area contributed by atoms with Gasteiger partial charge in [0, 0.05) is 34.4 Å². The van der Waals surface area contributed by atoms with Crippen molar-refractivity contribution >= 4 is 23.2 Å². The van der Waals surface area contributed by atoms with E-state index in [1.54, 1.807) is 6.07 Å². The monoisotopic (exact) mass is 297 g/mol. The first kappa shape index (κ1) is 14.4. The summed E-state index contributed by atoms with van der Waals surface area (Å²) >= 11 is 12.0. The van der Waals surface area contributed by atoms with Gasteiger partial charge in [-0.25, -0.2) is 0 Å². The zero-order chi connectivity index (χ0) is 13.8. The van der Waals surface area contributed by atoms with E-state index >= 15 is 0 Å². The van der Waals surface area contributed by atoms with Crippen molar-refractivity contribution < 1.29 is 0 Å². The third-order valence-electron chi connectivity index (χ3n) is 2.99. The molecule has 5 heteroatoms. The Morgan fingerprint density at radius 3 is 2.84 bits per heavy atom. The number of nitrogens with zero attached hydrogens (tertiary/aromatic N) is 2. The summed E-state index contributed by atoms with van der Waals surface area (Å²) in [4.78, 5) is 0. The van der Waals surface area contributed by atoms with Crippen LogP contribution in [0.25, 0.3) is 0 Å². The van der Waals surface area contributed by atoms with E-state index < -0.39 is 0 Å². The standard InChI is InChI=1S/C14H17Cl2N3/c1-2-5-19-9-11(8-18-19)14(17)6-10-3-4-12(15)7-13(10)16/h3-4,7-9,14H,2,5-6,17H2,1H3. The molecule has 1 unspecified atom stereocenters. The zero-order valence-corrected chi connectivity index (χ0v) is 12.3. The molecule has 1 aromatic heterocycles. The highest BCUT2D eigenvalue weighted by atomic mass is 35.5. The molecule has 2 aromatic rings. The SMILES string of the molecule is CCCn1cc(C(N)Cc2ccc(Cl)cc2Cl)cn1. The third-order valence-corrected chi connectivity index (χ3v) is 3.58. The number of rotatable bonds is 5. The fourth-order valence-electron chi connectivity index (χ4n) is 1.96. The number of benzene rings is 1. The minimum absolute atomic E-state index is 0.107. The molecule has 102 valence electrons. The van der Waals surface area contributed by atoms with E-state index in [4.69, 9.17) is 28.9 Å². The number of hydrogen-bond acceptors (Lipinski definition) is 2.